The second-order valence-electron chi connectivity index (χ2n) is 26.4. The topological polar surface area (TPSA) is 36.1 Å². The molecule has 0 amide bonds. The lowest BCUT2D eigenvalue weighted by Crippen LogP contribution is -1.93. The van der Waals surface area contributed by atoms with E-state index in [0.29, 0.717) is 0 Å². The standard InChI is InChI=1S/C52H33NO.C46H29NO/c1-2-14-34(15-3-1)49-41-18-4-6-20-43(41)50(44-21-7-5-19-42(44)49)35-26-28-36(29-27-35)51-45-22-10-13-25-48(45)54-52(51)37-30-32-38(33-31-37)53-46-23-11-8-16-39(46)40-17-9-12-24-47(40)53;1-3-15-30(16-4-1)46-45(38-24-12-14-26-42(38)48-46)44-36-22-9-7-20-34(36)43(35-21-8-10-23-37(35)44)31-27-28-41-39(29-31)33-19-11-13-25-40(33)47(41)32-17-5-2-6-18-32/h1-33H;1-29H. The maximum absolute atomic E-state index is 6.69. The van der Waals surface area contributed by atoms with Gasteiger partial charge in [-0.1, -0.05) is 297 Å². The molecule has 102 heavy (non-hydrogen) atoms. The zero-order valence-electron chi connectivity index (χ0n) is 55.5. The third kappa shape index (κ3) is 9.45. The Hall–Kier alpha value is -13.5. The molecule has 4 nitrogen and oxygen atoms in total. The van der Waals surface area contributed by atoms with Gasteiger partial charge in [-0.3, -0.25) is 0 Å². The highest BCUT2D eigenvalue weighted by Gasteiger charge is 2.26. The number of hydrogen-bond donors (Lipinski definition) is 0. The third-order valence-corrected chi connectivity index (χ3v) is 20.8. The van der Waals surface area contributed by atoms with E-state index < -0.39 is 0 Å². The Kier molecular flexibility index (Phi) is 13.9. The quantitative estimate of drug-likeness (QED) is 0.135. The summed E-state index contributed by atoms with van der Waals surface area (Å²) in [6.45, 7) is 0. The van der Waals surface area contributed by atoms with Crippen LogP contribution in [0, 0.1) is 0 Å². The number of fused-ring (bicyclic) bond motifs is 12. The lowest BCUT2D eigenvalue weighted by Gasteiger charge is -2.18. The van der Waals surface area contributed by atoms with Crippen LogP contribution < -0.4 is 0 Å². The molecule has 0 aliphatic rings. The second-order valence-corrected chi connectivity index (χ2v) is 26.4. The fourth-order valence-electron chi connectivity index (χ4n) is 16.4. The third-order valence-electron chi connectivity index (χ3n) is 20.8. The average Bonchev–Trinajstić information content (AvgIpc) is 1.18. The van der Waals surface area contributed by atoms with E-state index in [1.165, 1.54) is 131 Å². The first-order valence-electron chi connectivity index (χ1n) is 35.0. The molecular formula is C98H62N2O2. The summed E-state index contributed by atoms with van der Waals surface area (Å²) in [5, 5.41) is 17.1. The fraction of sp³-hybridized carbons (Fsp3) is 0. The van der Waals surface area contributed by atoms with Crippen molar-refractivity contribution in [2.75, 3.05) is 0 Å². The zero-order chi connectivity index (χ0) is 67.2. The number of hydrogen-bond acceptors (Lipinski definition) is 2. The minimum Gasteiger partial charge on any atom is -0.455 e. The molecule has 0 bridgehead atoms. The Balaban J connectivity index is 0.000000138. The van der Waals surface area contributed by atoms with Crippen LogP contribution in [0.15, 0.2) is 385 Å². The number of furan rings is 2. The molecule has 17 aromatic carbocycles. The summed E-state index contributed by atoms with van der Waals surface area (Å²) in [6, 6.07) is 135. The van der Waals surface area contributed by atoms with E-state index in [-0.39, 0.29) is 0 Å². The highest BCUT2D eigenvalue weighted by Crippen LogP contribution is 2.51. The number of benzene rings is 17. The molecule has 21 rings (SSSR count). The molecule has 4 aromatic heterocycles. The van der Waals surface area contributed by atoms with Gasteiger partial charge in [0.05, 0.1) is 22.1 Å². The number of nitrogens with zero attached hydrogens (tertiary/aromatic N) is 2. The van der Waals surface area contributed by atoms with E-state index >= 15 is 0 Å². The summed E-state index contributed by atoms with van der Waals surface area (Å²) in [4.78, 5) is 0. The molecular weight excluding hydrogens is 1240 g/mol. The molecule has 0 aliphatic carbocycles. The molecule has 0 atom stereocenters. The van der Waals surface area contributed by atoms with E-state index in [4.69, 9.17) is 8.83 Å². The van der Waals surface area contributed by atoms with Crippen molar-refractivity contribution in [3.63, 3.8) is 0 Å². The minimum absolute atomic E-state index is 0.876. The molecule has 0 saturated heterocycles. The highest BCUT2D eigenvalue weighted by atomic mass is 16.3. The second kappa shape index (κ2) is 24.2. The van der Waals surface area contributed by atoms with Gasteiger partial charge in [-0.05, 0) is 161 Å². The van der Waals surface area contributed by atoms with Gasteiger partial charge in [0.2, 0.25) is 0 Å². The van der Waals surface area contributed by atoms with E-state index in [1.54, 1.807) is 0 Å². The molecule has 0 unspecified atom stereocenters. The van der Waals surface area contributed by atoms with Crippen LogP contribution in [0.4, 0.5) is 0 Å². The van der Waals surface area contributed by atoms with Crippen LogP contribution in [0.1, 0.15) is 0 Å². The van der Waals surface area contributed by atoms with Crippen LogP contribution >= 0.6 is 0 Å². The van der Waals surface area contributed by atoms with Crippen LogP contribution in [-0.4, -0.2) is 9.13 Å². The number of rotatable bonds is 9. The van der Waals surface area contributed by atoms with Gasteiger partial charge < -0.3 is 18.0 Å². The Labute approximate surface area is 588 Å². The van der Waals surface area contributed by atoms with Crippen molar-refractivity contribution in [1.82, 2.24) is 9.13 Å². The Morgan fingerprint density at radius 3 is 0.892 bits per heavy atom. The summed E-state index contributed by atoms with van der Waals surface area (Å²) in [5.74, 6) is 1.77. The molecule has 21 aromatic rings. The predicted molar refractivity (Wildman–Crippen MR) is 429 cm³/mol. The molecule has 476 valence electrons. The van der Waals surface area contributed by atoms with Crippen molar-refractivity contribution in [3.05, 3.63) is 376 Å². The fourth-order valence-corrected chi connectivity index (χ4v) is 16.4. The summed E-state index contributed by atoms with van der Waals surface area (Å²) >= 11 is 0. The van der Waals surface area contributed by atoms with Crippen molar-refractivity contribution >= 4 is 109 Å². The van der Waals surface area contributed by atoms with Crippen molar-refractivity contribution < 1.29 is 8.83 Å². The van der Waals surface area contributed by atoms with E-state index in [9.17, 15) is 0 Å². The first-order chi connectivity index (χ1) is 50.7. The smallest absolute Gasteiger partial charge is 0.143 e. The molecule has 0 N–H and O–H groups in total. The summed E-state index contributed by atoms with van der Waals surface area (Å²) in [5.41, 5.74) is 23.0. The number of para-hydroxylation sites is 6. The summed E-state index contributed by atoms with van der Waals surface area (Å²) < 4.78 is 18.1. The van der Waals surface area contributed by atoms with E-state index in [1.807, 2.05) is 6.07 Å². The summed E-state index contributed by atoms with van der Waals surface area (Å²) in [7, 11) is 0. The minimum atomic E-state index is 0.876. The summed E-state index contributed by atoms with van der Waals surface area (Å²) in [6.07, 6.45) is 0. The molecule has 4 heterocycles. The zero-order valence-corrected chi connectivity index (χ0v) is 55.5. The van der Waals surface area contributed by atoms with Gasteiger partial charge >= 0.3 is 0 Å². The molecule has 0 fully saturated rings. The van der Waals surface area contributed by atoms with Crippen molar-refractivity contribution in [1.29, 1.82) is 0 Å². The van der Waals surface area contributed by atoms with E-state index in [0.717, 1.165) is 67.0 Å². The first kappa shape index (κ1) is 58.6. The Bertz CT molecular complexity index is 6670. The van der Waals surface area contributed by atoms with Gasteiger partial charge in [-0.25, -0.2) is 0 Å². The largest absolute Gasteiger partial charge is 0.455 e. The van der Waals surface area contributed by atoms with Crippen LogP contribution in [0.2, 0.25) is 0 Å². The normalized spacial score (nSPS) is 11.7. The molecule has 4 heteroatoms. The van der Waals surface area contributed by atoms with Gasteiger partial charge in [-0.15, -0.1) is 0 Å². The molecule has 0 aliphatic heterocycles. The monoisotopic (exact) mass is 1300 g/mol. The van der Waals surface area contributed by atoms with Crippen LogP contribution in [-0.2, 0) is 0 Å². The van der Waals surface area contributed by atoms with Gasteiger partial charge in [0.25, 0.3) is 0 Å². The van der Waals surface area contributed by atoms with Gasteiger partial charge in [-0.2, -0.15) is 0 Å². The lowest BCUT2D eigenvalue weighted by atomic mass is 9.84. The van der Waals surface area contributed by atoms with Crippen molar-refractivity contribution in [2.45, 2.75) is 0 Å². The van der Waals surface area contributed by atoms with Gasteiger partial charge in [0.1, 0.15) is 22.7 Å². The molecule has 0 spiro atoms. The van der Waals surface area contributed by atoms with Crippen molar-refractivity contribution in [2.24, 2.45) is 0 Å². The number of aromatic nitrogens is 2. The van der Waals surface area contributed by atoms with Gasteiger partial charge in [0.15, 0.2) is 0 Å². The van der Waals surface area contributed by atoms with E-state index in [2.05, 4.69) is 379 Å². The lowest BCUT2D eigenvalue weighted by molar-refractivity contribution is 0.632. The van der Waals surface area contributed by atoms with Crippen LogP contribution in [0.5, 0.6) is 0 Å². The Morgan fingerprint density at radius 1 is 0.157 bits per heavy atom. The maximum Gasteiger partial charge on any atom is 0.143 e. The van der Waals surface area contributed by atoms with Crippen molar-refractivity contribution in [3.8, 4) is 89.7 Å². The first-order valence-corrected chi connectivity index (χ1v) is 35.0. The Morgan fingerprint density at radius 2 is 0.431 bits per heavy atom. The van der Waals surface area contributed by atoms with Gasteiger partial charge in [0, 0.05) is 71.5 Å². The molecule has 0 saturated carbocycles. The SMILES string of the molecule is c1ccc(-c2c3ccccc3c(-c3ccc(-c4c(-c5ccc(-n6c7ccccc7c7ccccc76)cc5)oc5ccccc45)cc3)c3ccccc23)cc1.c1ccc(-c2oc3ccccc3c2-c2c3ccccc3c(-c3ccc4c(c3)c3ccccc3n4-c3ccccc3)c3ccccc23)cc1. The molecule has 0 radical (unpaired) electrons. The van der Waals surface area contributed by atoms with Crippen LogP contribution in [0.25, 0.3) is 198 Å². The average molecular weight is 1300 g/mol. The highest BCUT2D eigenvalue weighted by molar-refractivity contribution is 6.26. The predicted octanol–water partition coefficient (Wildman–Crippen LogP) is 27.3. The maximum atomic E-state index is 6.69. The van der Waals surface area contributed by atoms with Crippen LogP contribution in [0.3, 0.4) is 0 Å².